The van der Waals surface area contributed by atoms with E-state index in [4.69, 9.17) is 5.73 Å². The molecule has 1 heterocycles. The number of anilines is 2. The van der Waals surface area contributed by atoms with E-state index in [1.165, 1.54) is 24.1 Å². The standard InChI is InChI=1S/C14H21BrN2/c1-3-11-8-12(16)9-13(15)14(11)17-6-4-10(2)5-7-17/h8-10H,3-7,16H2,1-2H3. The van der Waals surface area contributed by atoms with Crippen LogP contribution in [0.5, 0.6) is 0 Å². The predicted molar refractivity (Wildman–Crippen MR) is 78.5 cm³/mol. The van der Waals surface area contributed by atoms with Crippen LogP contribution in [0.4, 0.5) is 11.4 Å². The maximum atomic E-state index is 5.91. The van der Waals surface area contributed by atoms with Crippen LogP contribution < -0.4 is 10.6 Å². The molecule has 1 aliphatic rings. The molecule has 1 aromatic rings. The summed E-state index contributed by atoms with van der Waals surface area (Å²) in [7, 11) is 0. The van der Waals surface area contributed by atoms with Crippen molar-refractivity contribution in [1.29, 1.82) is 0 Å². The molecule has 2 N–H and O–H groups in total. The van der Waals surface area contributed by atoms with Crippen molar-refractivity contribution in [1.82, 2.24) is 0 Å². The van der Waals surface area contributed by atoms with Crippen LogP contribution in [0.1, 0.15) is 32.3 Å². The number of hydrogen-bond acceptors (Lipinski definition) is 2. The molecular weight excluding hydrogens is 276 g/mol. The molecule has 3 heteroatoms. The fraction of sp³-hybridized carbons (Fsp3) is 0.571. The second-order valence-corrected chi connectivity index (χ2v) is 5.89. The number of piperidine rings is 1. The normalized spacial score (nSPS) is 17.5. The lowest BCUT2D eigenvalue weighted by molar-refractivity contribution is 0.437. The fourth-order valence-electron chi connectivity index (χ4n) is 2.54. The van der Waals surface area contributed by atoms with Gasteiger partial charge in [0.1, 0.15) is 0 Å². The van der Waals surface area contributed by atoms with Crippen molar-refractivity contribution in [3.05, 3.63) is 22.2 Å². The molecule has 17 heavy (non-hydrogen) atoms. The van der Waals surface area contributed by atoms with E-state index in [1.807, 2.05) is 6.07 Å². The zero-order valence-electron chi connectivity index (χ0n) is 10.7. The highest BCUT2D eigenvalue weighted by Crippen LogP contribution is 2.35. The van der Waals surface area contributed by atoms with Gasteiger partial charge >= 0.3 is 0 Å². The Balaban J connectivity index is 2.31. The van der Waals surface area contributed by atoms with Gasteiger partial charge in [-0.1, -0.05) is 13.8 Å². The van der Waals surface area contributed by atoms with E-state index in [1.54, 1.807) is 0 Å². The van der Waals surface area contributed by atoms with E-state index >= 15 is 0 Å². The number of nitrogens with two attached hydrogens (primary N) is 1. The molecule has 0 aromatic heterocycles. The van der Waals surface area contributed by atoms with Crippen molar-refractivity contribution in [3.8, 4) is 0 Å². The molecule has 0 amide bonds. The molecule has 2 rings (SSSR count). The van der Waals surface area contributed by atoms with Gasteiger partial charge in [0.05, 0.1) is 5.69 Å². The molecule has 1 fully saturated rings. The lowest BCUT2D eigenvalue weighted by Gasteiger charge is -2.34. The summed E-state index contributed by atoms with van der Waals surface area (Å²) in [5.41, 5.74) is 9.47. The van der Waals surface area contributed by atoms with Crippen LogP contribution in [-0.4, -0.2) is 13.1 Å². The third-order valence-electron chi connectivity index (χ3n) is 3.65. The Labute approximate surface area is 112 Å². The zero-order chi connectivity index (χ0) is 12.4. The van der Waals surface area contributed by atoms with Gasteiger partial charge in [-0.05, 0) is 58.8 Å². The first-order valence-corrected chi connectivity index (χ1v) is 7.24. The molecule has 0 bridgehead atoms. The highest BCUT2D eigenvalue weighted by Gasteiger charge is 2.20. The molecule has 1 aliphatic heterocycles. The maximum absolute atomic E-state index is 5.91. The van der Waals surface area contributed by atoms with Crippen LogP contribution in [-0.2, 0) is 6.42 Å². The number of rotatable bonds is 2. The van der Waals surface area contributed by atoms with E-state index in [2.05, 4.69) is 40.7 Å². The van der Waals surface area contributed by atoms with Crippen LogP contribution in [0, 0.1) is 5.92 Å². The Kier molecular flexibility index (Phi) is 3.97. The highest BCUT2D eigenvalue weighted by atomic mass is 79.9. The van der Waals surface area contributed by atoms with Crippen molar-refractivity contribution in [3.63, 3.8) is 0 Å². The fourth-order valence-corrected chi connectivity index (χ4v) is 3.30. The maximum Gasteiger partial charge on any atom is 0.0544 e. The lowest BCUT2D eigenvalue weighted by Crippen LogP contribution is -2.33. The topological polar surface area (TPSA) is 29.3 Å². The summed E-state index contributed by atoms with van der Waals surface area (Å²) in [5.74, 6) is 0.865. The zero-order valence-corrected chi connectivity index (χ0v) is 12.3. The molecule has 0 unspecified atom stereocenters. The Morgan fingerprint density at radius 2 is 2.00 bits per heavy atom. The van der Waals surface area contributed by atoms with Gasteiger partial charge in [-0.15, -0.1) is 0 Å². The highest BCUT2D eigenvalue weighted by molar-refractivity contribution is 9.10. The molecule has 0 radical (unpaired) electrons. The Hall–Kier alpha value is -0.700. The smallest absolute Gasteiger partial charge is 0.0544 e. The SMILES string of the molecule is CCc1cc(N)cc(Br)c1N1CCC(C)CC1. The average Bonchev–Trinajstić information content (AvgIpc) is 2.30. The average molecular weight is 297 g/mol. The predicted octanol–water partition coefficient (Wildman–Crippen LogP) is 3.83. The quantitative estimate of drug-likeness (QED) is 0.841. The van der Waals surface area contributed by atoms with Crippen LogP contribution in [0.15, 0.2) is 16.6 Å². The first-order valence-electron chi connectivity index (χ1n) is 6.44. The summed E-state index contributed by atoms with van der Waals surface area (Å²) in [4.78, 5) is 2.50. The van der Waals surface area contributed by atoms with E-state index in [9.17, 15) is 0 Å². The summed E-state index contributed by atoms with van der Waals surface area (Å²) >= 11 is 3.67. The number of nitrogen functional groups attached to an aromatic ring is 1. The third-order valence-corrected chi connectivity index (χ3v) is 4.25. The van der Waals surface area contributed by atoms with Gasteiger partial charge in [0.15, 0.2) is 0 Å². The van der Waals surface area contributed by atoms with Gasteiger partial charge in [-0.25, -0.2) is 0 Å². The van der Waals surface area contributed by atoms with E-state index in [0.29, 0.717) is 0 Å². The van der Waals surface area contributed by atoms with Crippen molar-refractivity contribution in [2.24, 2.45) is 5.92 Å². The summed E-state index contributed by atoms with van der Waals surface area (Å²) in [6, 6.07) is 4.13. The second-order valence-electron chi connectivity index (χ2n) is 5.03. The summed E-state index contributed by atoms with van der Waals surface area (Å²) in [6.07, 6.45) is 3.62. The number of aryl methyl sites for hydroxylation is 1. The molecule has 0 aliphatic carbocycles. The van der Waals surface area contributed by atoms with Gasteiger partial charge < -0.3 is 10.6 Å². The van der Waals surface area contributed by atoms with Crippen molar-refractivity contribution in [2.45, 2.75) is 33.1 Å². The van der Waals surface area contributed by atoms with Gasteiger partial charge in [0, 0.05) is 23.2 Å². The van der Waals surface area contributed by atoms with Crippen molar-refractivity contribution < 1.29 is 0 Å². The van der Waals surface area contributed by atoms with Crippen LogP contribution in [0.2, 0.25) is 0 Å². The molecule has 1 aromatic carbocycles. The largest absolute Gasteiger partial charge is 0.399 e. The molecule has 0 saturated carbocycles. The molecule has 2 nitrogen and oxygen atoms in total. The summed E-state index contributed by atoms with van der Waals surface area (Å²) in [5, 5.41) is 0. The lowest BCUT2D eigenvalue weighted by atomic mass is 9.97. The minimum absolute atomic E-state index is 0.850. The summed E-state index contributed by atoms with van der Waals surface area (Å²) in [6.45, 7) is 6.86. The minimum Gasteiger partial charge on any atom is -0.399 e. The minimum atomic E-state index is 0.850. The van der Waals surface area contributed by atoms with E-state index in [-0.39, 0.29) is 0 Å². The number of benzene rings is 1. The molecule has 1 saturated heterocycles. The summed E-state index contributed by atoms with van der Waals surface area (Å²) < 4.78 is 1.14. The first kappa shape index (κ1) is 12.7. The van der Waals surface area contributed by atoms with Gasteiger partial charge in [0.2, 0.25) is 0 Å². The second kappa shape index (κ2) is 5.30. The van der Waals surface area contributed by atoms with Gasteiger partial charge in [0.25, 0.3) is 0 Å². The first-order chi connectivity index (χ1) is 8.11. The Bertz CT molecular complexity index is 395. The number of nitrogens with zero attached hydrogens (tertiary/aromatic N) is 1. The van der Waals surface area contributed by atoms with Crippen LogP contribution in [0.25, 0.3) is 0 Å². The van der Waals surface area contributed by atoms with Crippen LogP contribution >= 0.6 is 15.9 Å². The molecular formula is C14H21BrN2. The monoisotopic (exact) mass is 296 g/mol. The molecule has 94 valence electrons. The van der Waals surface area contributed by atoms with E-state index < -0.39 is 0 Å². The van der Waals surface area contributed by atoms with Crippen molar-refractivity contribution in [2.75, 3.05) is 23.7 Å². The Morgan fingerprint density at radius 1 is 1.35 bits per heavy atom. The molecule has 0 spiro atoms. The third kappa shape index (κ3) is 2.76. The Morgan fingerprint density at radius 3 is 2.59 bits per heavy atom. The van der Waals surface area contributed by atoms with Crippen molar-refractivity contribution >= 4 is 27.3 Å². The van der Waals surface area contributed by atoms with Gasteiger partial charge in [-0.2, -0.15) is 0 Å². The number of halogens is 1. The van der Waals surface area contributed by atoms with Gasteiger partial charge in [-0.3, -0.25) is 0 Å². The van der Waals surface area contributed by atoms with Crippen LogP contribution in [0.3, 0.4) is 0 Å². The number of hydrogen-bond donors (Lipinski definition) is 1. The van der Waals surface area contributed by atoms with E-state index in [0.717, 1.165) is 35.6 Å². The molecule has 0 atom stereocenters.